The minimum absolute atomic E-state index is 0.261. The fraction of sp³-hybridized carbons (Fsp3) is 0.538. The van der Waals surface area contributed by atoms with Gasteiger partial charge in [0.05, 0.1) is 16.3 Å². The number of benzene rings is 1. The van der Waals surface area contributed by atoms with Crippen molar-refractivity contribution in [1.82, 2.24) is 0 Å². The van der Waals surface area contributed by atoms with Crippen molar-refractivity contribution in [3.63, 3.8) is 0 Å². The maximum absolute atomic E-state index is 11.4. The van der Waals surface area contributed by atoms with E-state index in [2.05, 4.69) is 12.2 Å². The zero-order valence-electron chi connectivity index (χ0n) is 11.1. The molecule has 5 heteroatoms. The molecule has 0 saturated heterocycles. The van der Waals surface area contributed by atoms with Gasteiger partial charge in [-0.25, -0.2) is 8.42 Å². The Balaban J connectivity index is 2.58. The number of hydrogen-bond acceptors (Lipinski definition) is 4. The average Bonchev–Trinajstić information content (AvgIpc) is 2.29. The van der Waals surface area contributed by atoms with Crippen LogP contribution in [-0.2, 0) is 9.84 Å². The van der Waals surface area contributed by atoms with Crippen LogP contribution in [-0.4, -0.2) is 21.2 Å². The average molecular weight is 270 g/mol. The van der Waals surface area contributed by atoms with Crippen LogP contribution in [0.4, 0.5) is 11.4 Å². The summed E-state index contributed by atoms with van der Waals surface area (Å²) in [4.78, 5) is 0.261. The molecule has 1 aromatic carbocycles. The van der Waals surface area contributed by atoms with Crippen molar-refractivity contribution in [3.05, 3.63) is 18.2 Å². The number of anilines is 2. The molecule has 0 radical (unpaired) electrons. The van der Waals surface area contributed by atoms with Crippen molar-refractivity contribution in [2.45, 2.75) is 37.5 Å². The molecule has 0 aliphatic rings. The first-order chi connectivity index (χ1) is 8.45. The second-order valence-corrected chi connectivity index (χ2v) is 6.52. The molecule has 0 atom stereocenters. The molecule has 4 nitrogen and oxygen atoms in total. The van der Waals surface area contributed by atoms with Gasteiger partial charge in [-0.3, -0.25) is 0 Å². The highest BCUT2D eigenvalue weighted by atomic mass is 32.2. The zero-order chi connectivity index (χ0) is 13.6. The molecule has 0 unspecified atom stereocenters. The Hall–Kier alpha value is -1.23. The second kappa shape index (κ2) is 6.64. The highest BCUT2D eigenvalue weighted by Crippen LogP contribution is 2.22. The Kier molecular flexibility index (Phi) is 5.47. The van der Waals surface area contributed by atoms with Crippen molar-refractivity contribution >= 4 is 21.2 Å². The van der Waals surface area contributed by atoms with E-state index in [-0.39, 0.29) is 4.90 Å². The van der Waals surface area contributed by atoms with Crippen LogP contribution in [0.25, 0.3) is 0 Å². The topological polar surface area (TPSA) is 72.2 Å². The third kappa shape index (κ3) is 4.56. The summed E-state index contributed by atoms with van der Waals surface area (Å²) in [5.74, 6) is 0. The molecule has 0 saturated carbocycles. The first-order valence-electron chi connectivity index (χ1n) is 6.28. The molecule has 0 fully saturated rings. The second-order valence-electron chi connectivity index (χ2n) is 4.51. The number of hydrogen-bond donors (Lipinski definition) is 2. The van der Waals surface area contributed by atoms with Gasteiger partial charge < -0.3 is 11.1 Å². The van der Waals surface area contributed by atoms with Crippen LogP contribution >= 0.6 is 0 Å². The van der Waals surface area contributed by atoms with Gasteiger partial charge in [-0.2, -0.15) is 0 Å². The lowest BCUT2D eigenvalue weighted by atomic mass is 10.2. The van der Waals surface area contributed by atoms with Crippen LogP contribution in [0.1, 0.15) is 32.6 Å². The quantitative estimate of drug-likeness (QED) is 0.590. The fourth-order valence-corrected chi connectivity index (χ4v) is 2.36. The Morgan fingerprint density at radius 2 is 1.94 bits per heavy atom. The van der Waals surface area contributed by atoms with Gasteiger partial charge in [0.25, 0.3) is 0 Å². The lowest BCUT2D eigenvalue weighted by Gasteiger charge is -2.10. The van der Waals surface area contributed by atoms with Crippen LogP contribution < -0.4 is 11.1 Å². The van der Waals surface area contributed by atoms with Gasteiger partial charge in [-0.1, -0.05) is 26.2 Å². The van der Waals surface area contributed by atoms with Crippen LogP contribution in [0.2, 0.25) is 0 Å². The first-order valence-corrected chi connectivity index (χ1v) is 8.17. The van der Waals surface area contributed by atoms with E-state index in [1.165, 1.54) is 31.6 Å². The fourth-order valence-electron chi connectivity index (χ4n) is 1.71. The minimum Gasteiger partial charge on any atom is -0.397 e. The molecule has 1 rings (SSSR count). The van der Waals surface area contributed by atoms with E-state index < -0.39 is 9.84 Å². The highest BCUT2D eigenvalue weighted by molar-refractivity contribution is 7.90. The number of sulfone groups is 1. The summed E-state index contributed by atoms with van der Waals surface area (Å²) in [5, 5.41) is 3.23. The third-order valence-corrected chi connectivity index (χ3v) is 3.91. The molecule has 3 N–H and O–H groups in total. The summed E-state index contributed by atoms with van der Waals surface area (Å²) in [6.45, 7) is 3.04. The van der Waals surface area contributed by atoms with E-state index in [0.717, 1.165) is 18.7 Å². The summed E-state index contributed by atoms with van der Waals surface area (Å²) in [6, 6.07) is 4.81. The SMILES string of the molecule is CCCCCCNc1ccc(S(C)(=O)=O)cc1N. The Morgan fingerprint density at radius 3 is 2.50 bits per heavy atom. The lowest BCUT2D eigenvalue weighted by molar-refractivity contribution is 0.602. The van der Waals surface area contributed by atoms with Crippen molar-refractivity contribution < 1.29 is 8.42 Å². The van der Waals surface area contributed by atoms with E-state index in [4.69, 9.17) is 5.73 Å². The normalized spacial score (nSPS) is 11.4. The Bertz CT molecular complexity index is 484. The molecule has 0 heterocycles. The predicted molar refractivity (Wildman–Crippen MR) is 76.6 cm³/mol. The van der Waals surface area contributed by atoms with Gasteiger partial charge in [0.2, 0.25) is 0 Å². The molecule has 18 heavy (non-hydrogen) atoms. The van der Waals surface area contributed by atoms with Crippen LogP contribution in [0.5, 0.6) is 0 Å². The van der Waals surface area contributed by atoms with E-state index in [1.807, 2.05) is 0 Å². The van der Waals surface area contributed by atoms with Gasteiger partial charge >= 0.3 is 0 Å². The minimum atomic E-state index is -3.18. The molecule has 0 amide bonds. The maximum atomic E-state index is 11.4. The van der Waals surface area contributed by atoms with E-state index in [0.29, 0.717) is 5.69 Å². The van der Waals surface area contributed by atoms with Gasteiger partial charge in [-0.05, 0) is 24.6 Å². The number of rotatable bonds is 7. The van der Waals surface area contributed by atoms with Crippen molar-refractivity contribution in [2.75, 3.05) is 23.9 Å². The molecule has 0 spiro atoms. The number of nitrogens with two attached hydrogens (primary N) is 1. The number of nitrogen functional groups attached to an aromatic ring is 1. The van der Waals surface area contributed by atoms with Gasteiger partial charge in [0.1, 0.15) is 0 Å². The molecule has 0 aliphatic carbocycles. The smallest absolute Gasteiger partial charge is 0.175 e. The third-order valence-electron chi connectivity index (χ3n) is 2.80. The summed E-state index contributed by atoms with van der Waals surface area (Å²) in [7, 11) is -3.18. The molecule has 0 aliphatic heterocycles. The largest absolute Gasteiger partial charge is 0.397 e. The molecule has 102 valence electrons. The Morgan fingerprint density at radius 1 is 1.22 bits per heavy atom. The summed E-state index contributed by atoms with van der Waals surface area (Å²) in [6.07, 6.45) is 5.93. The van der Waals surface area contributed by atoms with E-state index >= 15 is 0 Å². The maximum Gasteiger partial charge on any atom is 0.175 e. The van der Waals surface area contributed by atoms with Crippen LogP contribution in [0.3, 0.4) is 0 Å². The zero-order valence-corrected chi connectivity index (χ0v) is 11.9. The summed E-state index contributed by atoms with van der Waals surface area (Å²) in [5.41, 5.74) is 7.12. The van der Waals surface area contributed by atoms with Gasteiger partial charge in [0, 0.05) is 12.8 Å². The van der Waals surface area contributed by atoms with E-state index in [1.54, 1.807) is 12.1 Å². The lowest BCUT2D eigenvalue weighted by Crippen LogP contribution is -2.06. The highest BCUT2D eigenvalue weighted by Gasteiger charge is 2.08. The molecule has 1 aromatic rings. The van der Waals surface area contributed by atoms with Crippen molar-refractivity contribution in [1.29, 1.82) is 0 Å². The van der Waals surface area contributed by atoms with E-state index in [9.17, 15) is 8.42 Å². The molecule has 0 aromatic heterocycles. The number of unbranched alkanes of at least 4 members (excludes halogenated alkanes) is 3. The van der Waals surface area contributed by atoms with Crippen molar-refractivity contribution in [2.24, 2.45) is 0 Å². The monoisotopic (exact) mass is 270 g/mol. The van der Waals surface area contributed by atoms with Gasteiger partial charge in [-0.15, -0.1) is 0 Å². The summed E-state index contributed by atoms with van der Waals surface area (Å²) >= 11 is 0. The van der Waals surface area contributed by atoms with Crippen LogP contribution in [0, 0.1) is 0 Å². The molecular formula is C13H22N2O2S. The standard InChI is InChI=1S/C13H22N2O2S/c1-3-4-5-6-9-15-13-8-7-11(10-12(13)14)18(2,16)17/h7-8,10,15H,3-6,9,14H2,1-2H3. The number of nitrogens with one attached hydrogen (secondary N) is 1. The first kappa shape index (κ1) is 14.8. The van der Waals surface area contributed by atoms with Gasteiger partial charge in [0.15, 0.2) is 9.84 Å². The molecule has 0 bridgehead atoms. The van der Waals surface area contributed by atoms with Crippen molar-refractivity contribution in [3.8, 4) is 0 Å². The van der Waals surface area contributed by atoms with Crippen LogP contribution in [0.15, 0.2) is 23.1 Å². The molecular weight excluding hydrogens is 248 g/mol. The Labute approximate surface area is 110 Å². The predicted octanol–water partition coefficient (Wildman–Crippen LogP) is 2.66. The summed E-state index contributed by atoms with van der Waals surface area (Å²) < 4.78 is 22.7.